The average molecular weight is 166 g/mol. The van der Waals surface area contributed by atoms with E-state index in [1.54, 1.807) is 12.1 Å². The van der Waals surface area contributed by atoms with Gasteiger partial charge in [0.05, 0.1) is 5.69 Å². The van der Waals surface area contributed by atoms with Crippen LogP contribution in [0.2, 0.25) is 0 Å². The minimum Gasteiger partial charge on any atom is -0.396 e. The van der Waals surface area contributed by atoms with Crippen LogP contribution >= 0.6 is 0 Å². The number of nitrogens with two attached hydrogens (primary N) is 1. The lowest BCUT2D eigenvalue weighted by molar-refractivity contribution is 0.383. The van der Waals surface area contributed by atoms with Gasteiger partial charge in [-0.05, 0) is 30.7 Å². The van der Waals surface area contributed by atoms with E-state index in [4.69, 9.17) is 5.73 Å². The van der Waals surface area contributed by atoms with Gasteiger partial charge in [0.1, 0.15) is 5.82 Å². The Morgan fingerprint density at radius 1 is 1.50 bits per heavy atom. The molecule has 2 nitrogen and oxygen atoms in total. The van der Waals surface area contributed by atoms with Gasteiger partial charge >= 0.3 is 0 Å². The van der Waals surface area contributed by atoms with E-state index in [0.29, 0.717) is 6.04 Å². The van der Waals surface area contributed by atoms with E-state index in [1.165, 1.54) is 6.07 Å². The first-order valence-corrected chi connectivity index (χ1v) is 4.05. The molecule has 1 aliphatic heterocycles. The van der Waals surface area contributed by atoms with Crippen molar-refractivity contribution in [3.63, 3.8) is 0 Å². The zero-order valence-electron chi connectivity index (χ0n) is 6.68. The van der Waals surface area contributed by atoms with Gasteiger partial charge in [-0.1, -0.05) is 6.07 Å². The first-order chi connectivity index (χ1) is 5.77. The predicted molar refractivity (Wildman–Crippen MR) is 46.2 cm³/mol. The molecule has 1 aromatic rings. The largest absolute Gasteiger partial charge is 0.396 e. The molecule has 1 unspecified atom stereocenters. The van der Waals surface area contributed by atoms with Gasteiger partial charge in [-0.2, -0.15) is 0 Å². The molecule has 0 amide bonds. The van der Waals surface area contributed by atoms with Gasteiger partial charge in [0, 0.05) is 6.04 Å². The van der Waals surface area contributed by atoms with Gasteiger partial charge < -0.3 is 11.1 Å². The second kappa shape index (κ2) is 2.75. The summed E-state index contributed by atoms with van der Waals surface area (Å²) in [5, 5.41) is 3.23. The Hall–Kier alpha value is -1.09. The van der Waals surface area contributed by atoms with E-state index in [1.807, 2.05) is 0 Å². The lowest BCUT2D eigenvalue weighted by Gasteiger charge is -2.28. The maximum absolute atomic E-state index is 12.7. The Kier molecular flexibility index (Phi) is 1.73. The molecule has 0 bridgehead atoms. The lowest BCUT2D eigenvalue weighted by atomic mass is 9.98. The third-order valence-electron chi connectivity index (χ3n) is 2.25. The summed E-state index contributed by atoms with van der Waals surface area (Å²) in [5.74, 6) is -0.335. The second-order valence-corrected chi connectivity index (χ2v) is 3.08. The normalized spacial score (nSPS) is 21.9. The molecule has 0 saturated carbocycles. The quantitative estimate of drug-likeness (QED) is 0.619. The topological polar surface area (TPSA) is 38.0 Å². The maximum atomic E-state index is 12.7. The van der Waals surface area contributed by atoms with Crippen molar-refractivity contribution >= 4 is 5.69 Å². The highest BCUT2D eigenvalue weighted by atomic mass is 19.1. The van der Waals surface area contributed by atoms with Gasteiger partial charge in [0.2, 0.25) is 0 Å². The van der Waals surface area contributed by atoms with Crippen molar-refractivity contribution in [2.24, 2.45) is 0 Å². The highest BCUT2D eigenvalue weighted by Gasteiger charge is 2.18. The number of hydrogen-bond donors (Lipinski definition) is 2. The summed E-state index contributed by atoms with van der Waals surface area (Å²) < 4.78 is 12.7. The van der Waals surface area contributed by atoms with Crippen LogP contribution < -0.4 is 11.1 Å². The number of halogens is 1. The van der Waals surface area contributed by atoms with Gasteiger partial charge in [-0.15, -0.1) is 0 Å². The maximum Gasteiger partial charge on any atom is 0.146 e. The minimum absolute atomic E-state index is 0.237. The number of hydrogen-bond acceptors (Lipinski definition) is 2. The van der Waals surface area contributed by atoms with Crippen molar-refractivity contribution in [3.05, 3.63) is 29.6 Å². The highest BCUT2D eigenvalue weighted by Crippen LogP contribution is 2.25. The Labute approximate surface area is 70.6 Å². The fourth-order valence-electron chi connectivity index (χ4n) is 1.35. The molecule has 64 valence electrons. The van der Waals surface area contributed by atoms with Crippen LogP contribution in [0.1, 0.15) is 18.0 Å². The van der Waals surface area contributed by atoms with Crippen LogP contribution in [0, 0.1) is 5.82 Å². The van der Waals surface area contributed by atoms with Crippen LogP contribution in [0.25, 0.3) is 0 Å². The van der Waals surface area contributed by atoms with E-state index < -0.39 is 0 Å². The van der Waals surface area contributed by atoms with E-state index in [0.717, 1.165) is 18.5 Å². The van der Waals surface area contributed by atoms with Crippen molar-refractivity contribution in [1.29, 1.82) is 0 Å². The first-order valence-electron chi connectivity index (χ1n) is 4.05. The molecule has 0 aliphatic carbocycles. The first kappa shape index (κ1) is 7.55. The highest BCUT2D eigenvalue weighted by molar-refractivity contribution is 5.43. The van der Waals surface area contributed by atoms with Gasteiger partial charge in [-0.3, -0.25) is 0 Å². The number of nitrogen functional groups attached to an aromatic ring is 1. The van der Waals surface area contributed by atoms with Gasteiger partial charge in [0.25, 0.3) is 0 Å². The molecular weight excluding hydrogens is 155 g/mol. The molecule has 1 aliphatic rings. The molecular formula is C9H11FN2. The lowest BCUT2D eigenvalue weighted by Crippen LogP contribution is -2.34. The minimum atomic E-state index is -0.335. The monoisotopic (exact) mass is 166 g/mol. The Bertz CT molecular complexity index is 295. The van der Waals surface area contributed by atoms with Crippen LogP contribution in [-0.2, 0) is 0 Å². The molecule has 3 N–H and O–H groups in total. The zero-order chi connectivity index (χ0) is 8.55. The second-order valence-electron chi connectivity index (χ2n) is 3.08. The van der Waals surface area contributed by atoms with Crippen LogP contribution in [0.4, 0.5) is 10.1 Å². The summed E-state index contributed by atoms with van der Waals surface area (Å²) in [6.45, 7) is 1.04. The fraction of sp³-hybridized carbons (Fsp3) is 0.333. The summed E-state index contributed by atoms with van der Waals surface area (Å²) in [5.41, 5.74) is 6.76. The summed E-state index contributed by atoms with van der Waals surface area (Å²) in [6.07, 6.45) is 1.12. The standard InChI is InChI=1S/C9H11FN2/c10-7-2-1-6(5-8(7)11)9-3-4-12-9/h1-2,5,9,12H,3-4,11H2. The Morgan fingerprint density at radius 3 is 2.75 bits per heavy atom. The Morgan fingerprint density at radius 2 is 2.25 bits per heavy atom. The van der Waals surface area contributed by atoms with Crippen LogP contribution in [0.3, 0.4) is 0 Å². The number of anilines is 1. The van der Waals surface area contributed by atoms with E-state index in [2.05, 4.69) is 5.32 Å². The number of rotatable bonds is 1. The molecule has 0 spiro atoms. The molecule has 0 radical (unpaired) electrons. The van der Waals surface area contributed by atoms with Crippen molar-refractivity contribution in [2.45, 2.75) is 12.5 Å². The van der Waals surface area contributed by atoms with E-state index >= 15 is 0 Å². The summed E-state index contributed by atoms with van der Waals surface area (Å²) in [7, 11) is 0. The smallest absolute Gasteiger partial charge is 0.146 e. The molecule has 1 atom stereocenters. The van der Waals surface area contributed by atoms with Crippen molar-refractivity contribution in [1.82, 2.24) is 5.32 Å². The summed E-state index contributed by atoms with van der Waals surface area (Å²) in [6, 6.07) is 5.28. The van der Waals surface area contributed by atoms with Crippen LogP contribution in [-0.4, -0.2) is 6.54 Å². The third kappa shape index (κ3) is 1.16. The van der Waals surface area contributed by atoms with Crippen LogP contribution in [0.15, 0.2) is 18.2 Å². The Balaban J connectivity index is 2.27. The fourth-order valence-corrected chi connectivity index (χ4v) is 1.35. The third-order valence-corrected chi connectivity index (χ3v) is 2.25. The summed E-state index contributed by atoms with van der Waals surface area (Å²) >= 11 is 0. The summed E-state index contributed by atoms with van der Waals surface area (Å²) in [4.78, 5) is 0. The van der Waals surface area contributed by atoms with E-state index in [9.17, 15) is 4.39 Å². The molecule has 1 heterocycles. The predicted octanol–water partition coefficient (Wildman–Crippen LogP) is 1.44. The van der Waals surface area contributed by atoms with E-state index in [-0.39, 0.29) is 11.5 Å². The number of benzene rings is 1. The average Bonchev–Trinajstić information content (AvgIpc) is 1.93. The zero-order valence-corrected chi connectivity index (χ0v) is 6.68. The van der Waals surface area contributed by atoms with Gasteiger partial charge in [0.15, 0.2) is 0 Å². The molecule has 2 rings (SSSR count). The van der Waals surface area contributed by atoms with Crippen LogP contribution in [0.5, 0.6) is 0 Å². The SMILES string of the molecule is Nc1cc(C2CCN2)ccc1F. The van der Waals surface area contributed by atoms with Crippen molar-refractivity contribution in [3.8, 4) is 0 Å². The van der Waals surface area contributed by atoms with Crippen molar-refractivity contribution < 1.29 is 4.39 Å². The molecule has 12 heavy (non-hydrogen) atoms. The molecule has 3 heteroatoms. The number of nitrogens with one attached hydrogen (secondary N) is 1. The van der Waals surface area contributed by atoms with Gasteiger partial charge in [-0.25, -0.2) is 4.39 Å². The van der Waals surface area contributed by atoms with Crippen molar-refractivity contribution in [2.75, 3.05) is 12.3 Å². The molecule has 1 aromatic carbocycles. The molecule has 1 saturated heterocycles. The molecule has 1 fully saturated rings. The molecule has 0 aromatic heterocycles.